The maximum absolute atomic E-state index is 12.6. The third-order valence-corrected chi connectivity index (χ3v) is 4.47. The standard InChI is InChI=1S/C16H12N2O5S/c17-24(22,23)12-8-6-11(7-9-12)18-15(20)13(14(19)16(18)21)10-4-2-1-3-5-10/h1-9,19H,(H2,17,22,23). The van der Waals surface area contributed by atoms with Gasteiger partial charge in [0.05, 0.1) is 16.2 Å². The van der Waals surface area contributed by atoms with E-state index in [-0.39, 0.29) is 16.2 Å². The molecule has 122 valence electrons. The van der Waals surface area contributed by atoms with E-state index in [0.717, 1.165) is 4.90 Å². The molecule has 0 aliphatic carbocycles. The van der Waals surface area contributed by atoms with E-state index in [2.05, 4.69) is 0 Å². The van der Waals surface area contributed by atoms with Gasteiger partial charge in [0.2, 0.25) is 10.0 Å². The van der Waals surface area contributed by atoms with Crippen molar-refractivity contribution in [3.63, 3.8) is 0 Å². The summed E-state index contributed by atoms with van der Waals surface area (Å²) in [6, 6.07) is 13.2. The summed E-state index contributed by atoms with van der Waals surface area (Å²) in [6.45, 7) is 0. The second-order valence-corrected chi connectivity index (χ2v) is 6.64. The fourth-order valence-corrected chi connectivity index (χ4v) is 2.92. The number of aliphatic hydroxyl groups excluding tert-OH is 1. The first kappa shape index (κ1) is 15.9. The van der Waals surface area contributed by atoms with E-state index < -0.39 is 27.6 Å². The molecule has 1 aliphatic rings. The Morgan fingerprint density at radius 3 is 2.00 bits per heavy atom. The van der Waals surface area contributed by atoms with E-state index in [1.165, 1.54) is 24.3 Å². The predicted octanol–water partition coefficient (Wildman–Crippen LogP) is 1.18. The highest BCUT2D eigenvalue weighted by molar-refractivity contribution is 7.89. The van der Waals surface area contributed by atoms with Gasteiger partial charge in [-0.2, -0.15) is 0 Å². The molecule has 0 saturated heterocycles. The van der Waals surface area contributed by atoms with Crippen LogP contribution in [0.4, 0.5) is 5.69 Å². The maximum atomic E-state index is 12.6. The quantitative estimate of drug-likeness (QED) is 0.811. The van der Waals surface area contributed by atoms with E-state index in [0.29, 0.717) is 5.56 Å². The molecule has 3 rings (SSSR count). The topological polar surface area (TPSA) is 118 Å². The molecule has 0 unspecified atom stereocenters. The molecule has 3 N–H and O–H groups in total. The van der Waals surface area contributed by atoms with Gasteiger partial charge in [-0.3, -0.25) is 9.59 Å². The predicted molar refractivity (Wildman–Crippen MR) is 86.3 cm³/mol. The monoisotopic (exact) mass is 344 g/mol. The molecule has 2 aromatic rings. The first-order valence-corrected chi connectivity index (χ1v) is 8.35. The van der Waals surface area contributed by atoms with Gasteiger partial charge in [-0.25, -0.2) is 18.5 Å². The second kappa shape index (κ2) is 5.59. The third kappa shape index (κ3) is 2.57. The molecule has 2 aromatic carbocycles. The lowest BCUT2D eigenvalue weighted by atomic mass is 10.1. The molecule has 0 fully saturated rings. The number of sulfonamides is 1. The van der Waals surface area contributed by atoms with E-state index in [9.17, 15) is 23.1 Å². The molecular formula is C16H12N2O5S. The minimum Gasteiger partial charge on any atom is -0.502 e. The summed E-state index contributed by atoms with van der Waals surface area (Å²) in [7, 11) is -3.88. The third-order valence-electron chi connectivity index (χ3n) is 3.55. The summed E-state index contributed by atoms with van der Waals surface area (Å²) in [5.74, 6) is -2.21. The smallest absolute Gasteiger partial charge is 0.301 e. The van der Waals surface area contributed by atoms with Crippen molar-refractivity contribution in [2.45, 2.75) is 4.90 Å². The van der Waals surface area contributed by atoms with Gasteiger partial charge in [0, 0.05) is 0 Å². The van der Waals surface area contributed by atoms with Crippen molar-refractivity contribution in [1.82, 2.24) is 0 Å². The SMILES string of the molecule is NS(=O)(=O)c1ccc(N2C(=O)C(O)=C(c3ccccc3)C2=O)cc1. The summed E-state index contributed by atoms with van der Waals surface area (Å²) in [5.41, 5.74) is 0.447. The molecule has 0 atom stereocenters. The van der Waals surface area contributed by atoms with Crippen LogP contribution in [0.1, 0.15) is 5.56 Å². The lowest BCUT2D eigenvalue weighted by Gasteiger charge is -2.14. The van der Waals surface area contributed by atoms with Crippen LogP contribution in [0.2, 0.25) is 0 Å². The molecule has 8 heteroatoms. The molecule has 24 heavy (non-hydrogen) atoms. The molecular weight excluding hydrogens is 332 g/mol. The molecule has 7 nitrogen and oxygen atoms in total. The first-order valence-electron chi connectivity index (χ1n) is 6.81. The van der Waals surface area contributed by atoms with Crippen LogP contribution in [0.15, 0.2) is 65.3 Å². The van der Waals surface area contributed by atoms with Crippen molar-refractivity contribution in [2.24, 2.45) is 5.14 Å². The second-order valence-electron chi connectivity index (χ2n) is 5.07. The number of imide groups is 1. The van der Waals surface area contributed by atoms with Gasteiger partial charge in [0.15, 0.2) is 5.76 Å². The van der Waals surface area contributed by atoms with E-state index in [1.54, 1.807) is 30.3 Å². The number of nitrogens with two attached hydrogens (primary N) is 1. The van der Waals surface area contributed by atoms with Crippen LogP contribution < -0.4 is 10.0 Å². The van der Waals surface area contributed by atoms with Gasteiger partial charge in [-0.15, -0.1) is 0 Å². The summed E-state index contributed by atoms with van der Waals surface area (Å²) < 4.78 is 22.5. The van der Waals surface area contributed by atoms with Crippen molar-refractivity contribution in [2.75, 3.05) is 4.90 Å². The van der Waals surface area contributed by atoms with Crippen LogP contribution in [0, 0.1) is 0 Å². The summed E-state index contributed by atoms with van der Waals surface area (Å²) in [6.07, 6.45) is 0. The van der Waals surface area contributed by atoms with Gasteiger partial charge in [-0.05, 0) is 29.8 Å². The Morgan fingerprint density at radius 2 is 1.46 bits per heavy atom. The fourth-order valence-electron chi connectivity index (χ4n) is 2.40. The highest BCUT2D eigenvalue weighted by atomic mass is 32.2. The minimum absolute atomic E-state index is 0.101. The van der Waals surface area contributed by atoms with E-state index >= 15 is 0 Å². The van der Waals surface area contributed by atoms with Crippen molar-refractivity contribution in [3.05, 3.63) is 65.9 Å². The number of carbonyl (C=O) groups is 2. The zero-order chi connectivity index (χ0) is 17.5. The highest BCUT2D eigenvalue weighted by Crippen LogP contribution is 2.32. The molecule has 0 saturated carbocycles. The number of rotatable bonds is 3. The van der Waals surface area contributed by atoms with Crippen molar-refractivity contribution in [3.8, 4) is 0 Å². The number of anilines is 1. The fraction of sp³-hybridized carbons (Fsp3) is 0. The summed E-state index contributed by atoms with van der Waals surface area (Å²) >= 11 is 0. The average molecular weight is 344 g/mol. The number of benzene rings is 2. The number of hydrogen-bond donors (Lipinski definition) is 2. The number of aliphatic hydroxyl groups is 1. The van der Waals surface area contributed by atoms with Crippen LogP contribution in [0.25, 0.3) is 5.57 Å². The van der Waals surface area contributed by atoms with Crippen LogP contribution in [-0.2, 0) is 19.6 Å². The largest absolute Gasteiger partial charge is 0.502 e. The molecule has 0 aromatic heterocycles. The average Bonchev–Trinajstić information content (AvgIpc) is 2.77. The molecule has 1 heterocycles. The zero-order valence-electron chi connectivity index (χ0n) is 12.2. The normalized spacial score (nSPS) is 15.3. The lowest BCUT2D eigenvalue weighted by molar-refractivity contribution is -0.121. The number of primary sulfonamides is 1. The highest BCUT2D eigenvalue weighted by Gasteiger charge is 2.40. The summed E-state index contributed by atoms with van der Waals surface area (Å²) in [5, 5.41) is 15.1. The van der Waals surface area contributed by atoms with Crippen LogP contribution in [0.3, 0.4) is 0 Å². The molecule has 0 bridgehead atoms. The summed E-state index contributed by atoms with van der Waals surface area (Å²) in [4.78, 5) is 25.4. The Hall–Kier alpha value is -2.97. The number of hydrogen-bond acceptors (Lipinski definition) is 5. The Morgan fingerprint density at radius 1 is 0.875 bits per heavy atom. The van der Waals surface area contributed by atoms with Gasteiger partial charge >= 0.3 is 5.91 Å². The number of amides is 2. The van der Waals surface area contributed by atoms with Gasteiger partial charge in [-0.1, -0.05) is 30.3 Å². The van der Waals surface area contributed by atoms with Crippen molar-refractivity contribution >= 4 is 33.1 Å². The van der Waals surface area contributed by atoms with Crippen LogP contribution in [0.5, 0.6) is 0 Å². The van der Waals surface area contributed by atoms with Crippen LogP contribution >= 0.6 is 0 Å². The van der Waals surface area contributed by atoms with E-state index in [1.807, 2.05) is 0 Å². The molecule has 2 amide bonds. The lowest BCUT2D eigenvalue weighted by Crippen LogP contribution is -2.31. The van der Waals surface area contributed by atoms with Crippen LogP contribution in [-0.4, -0.2) is 25.3 Å². The molecule has 0 radical (unpaired) electrons. The first-order chi connectivity index (χ1) is 11.3. The van der Waals surface area contributed by atoms with Crippen molar-refractivity contribution < 1.29 is 23.1 Å². The van der Waals surface area contributed by atoms with Gasteiger partial charge in [0.1, 0.15) is 0 Å². The molecule has 0 spiro atoms. The molecule has 1 aliphatic heterocycles. The number of carbonyl (C=O) groups excluding carboxylic acids is 2. The van der Waals surface area contributed by atoms with Gasteiger partial charge in [0.25, 0.3) is 5.91 Å². The van der Waals surface area contributed by atoms with Crippen molar-refractivity contribution in [1.29, 1.82) is 0 Å². The Kier molecular flexibility index (Phi) is 3.70. The minimum atomic E-state index is -3.88. The maximum Gasteiger partial charge on any atom is 0.301 e. The van der Waals surface area contributed by atoms with E-state index in [4.69, 9.17) is 5.14 Å². The zero-order valence-corrected chi connectivity index (χ0v) is 13.0. The Bertz CT molecular complexity index is 963. The number of nitrogens with zero attached hydrogens (tertiary/aromatic N) is 1. The van der Waals surface area contributed by atoms with Gasteiger partial charge < -0.3 is 5.11 Å². The Balaban J connectivity index is 2.00. The Labute approximate surface area is 137 Å².